The molecule has 0 bridgehead atoms. The van der Waals surface area contributed by atoms with Crippen LogP contribution in [0.25, 0.3) is 0 Å². The summed E-state index contributed by atoms with van der Waals surface area (Å²) < 4.78 is 37.3. The summed E-state index contributed by atoms with van der Waals surface area (Å²) >= 11 is 0. The minimum Gasteiger partial charge on any atom is -0.495 e. The van der Waals surface area contributed by atoms with Crippen LogP contribution in [0.3, 0.4) is 0 Å². The van der Waals surface area contributed by atoms with E-state index in [4.69, 9.17) is 9.47 Å². The van der Waals surface area contributed by atoms with E-state index in [-0.39, 0.29) is 29.2 Å². The molecule has 1 aliphatic heterocycles. The average molecular weight is 450 g/mol. The standard InChI is InChI=1S/C22H24F2N2O6/c1-26(11-16(23)24)10-13-18(27)22(30)17-14(31-2)8-25-9-15(17)32-19(22)21(13,20(28)29)12-6-4-3-5-7-12/h3-9,13,16,18-19,27,30H,10-11H2,1-2H3,(H,28,29)/t13-,18+,19+,21?,22-/m0/s1. The summed E-state index contributed by atoms with van der Waals surface area (Å²) in [4.78, 5) is 18.2. The summed E-state index contributed by atoms with van der Waals surface area (Å²) in [6.45, 7) is -0.848. The van der Waals surface area contributed by atoms with E-state index in [2.05, 4.69) is 4.98 Å². The molecule has 1 fully saturated rings. The van der Waals surface area contributed by atoms with Crippen LogP contribution in [-0.4, -0.2) is 77.1 Å². The van der Waals surface area contributed by atoms with Crippen LogP contribution in [0, 0.1) is 5.92 Å². The molecule has 32 heavy (non-hydrogen) atoms. The molecule has 1 aromatic heterocycles. The number of carboxylic acids is 1. The molecule has 172 valence electrons. The molecular weight excluding hydrogens is 426 g/mol. The summed E-state index contributed by atoms with van der Waals surface area (Å²) in [6.07, 6.45) is -3.13. The van der Waals surface area contributed by atoms with Crippen LogP contribution >= 0.6 is 0 Å². The normalized spacial score (nSPS) is 30.8. The van der Waals surface area contributed by atoms with Gasteiger partial charge in [-0.25, -0.2) is 8.78 Å². The number of alkyl halides is 2. The van der Waals surface area contributed by atoms with Crippen LogP contribution in [0.2, 0.25) is 0 Å². The molecule has 1 aromatic carbocycles. The van der Waals surface area contributed by atoms with Crippen LogP contribution < -0.4 is 9.47 Å². The van der Waals surface area contributed by atoms with Gasteiger partial charge < -0.3 is 29.7 Å². The van der Waals surface area contributed by atoms with Crippen LogP contribution in [-0.2, 0) is 15.8 Å². The number of carboxylic acid groups (broad SMARTS) is 1. The zero-order chi connectivity index (χ0) is 23.3. The van der Waals surface area contributed by atoms with Crippen molar-refractivity contribution in [1.29, 1.82) is 0 Å². The van der Waals surface area contributed by atoms with Gasteiger partial charge in [0.05, 0.1) is 37.7 Å². The Kier molecular flexibility index (Phi) is 5.56. The van der Waals surface area contributed by atoms with Gasteiger partial charge in [-0.15, -0.1) is 0 Å². The maximum Gasteiger partial charge on any atom is 0.318 e. The molecule has 10 heteroatoms. The van der Waals surface area contributed by atoms with E-state index in [1.807, 2.05) is 0 Å². The SMILES string of the molecule is COc1cncc2c1[C@]1(O)[C@H](O)[C@H](CN(C)CC(F)F)C(C(=O)O)(c3ccccc3)[C@H]1O2. The average Bonchev–Trinajstić information content (AvgIpc) is 3.15. The molecule has 0 amide bonds. The number of fused-ring (bicyclic) bond motifs is 3. The number of ether oxygens (including phenoxy) is 2. The van der Waals surface area contributed by atoms with Crippen molar-refractivity contribution in [3.05, 3.63) is 53.9 Å². The van der Waals surface area contributed by atoms with Gasteiger partial charge in [0, 0.05) is 12.5 Å². The zero-order valence-corrected chi connectivity index (χ0v) is 17.5. The van der Waals surface area contributed by atoms with Crippen LogP contribution in [0.1, 0.15) is 11.1 Å². The van der Waals surface area contributed by atoms with Gasteiger partial charge in [-0.1, -0.05) is 30.3 Å². The van der Waals surface area contributed by atoms with Gasteiger partial charge in [-0.2, -0.15) is 0 Å². The number of hydrogen-bond acceptors (Lipinski definition) is 7. The third-order valence-electron chi connectivity index (χ3n) is 6.54. The van der Waals surface area contributed by atoms with Crippen LogP contribution in [0.5, 0.6) is 11.5 Å². The molecule has 0 radical (unpaired) electrons. The molecule has 1 saturated carbocycles. The largest absolute Gasteiger partial charge is 0.495 e. The van der Waals surface area contributed by atoms with E-state index in [0.717, 1.165) is 0 Å². The number of carbonyl (C=O) groups is 1. The van der Waals surface area contributed by atoms with E-state index in [9.17, 15) is 28.9 Å². The summed E-state index contributed by atoms with van der Waals surface area (Å²) in [5.41, 5.74) is -3.75. The van der Waals surface area contributed by atoms with Crippen molar-refractivity contribution in [2.24, 2.45) is 5.92 Å². The topological polar surface area (TPSA) is 112 Å². The fraction of sp³-hybridized carbons (Fsp3) is 0.455. The quantitative estimate of drug-likeness (QED) is 0.578. The highest BCUT2D eigenvalue weighted by Gasteiger charge is 2.76. The second-order valence-electron chi connectivity index (χ2n) is 8.24. The number of methoxy groups -OCH3 is 1. The van der Waals surface area contributed by atoms with E-state index in [1.54, 1.807) is 30.3 Å². The van der Waals surface area contributed by atoms with E-state index in [0.29, 0.717) is 0 Å². The maximum atomic E-state index is 13.0. The molecule has 8 nitrogen and oxygen atoms in total. The molecule has 0 spiro atoms. The maximum absolute atomic E-state index is 13.0. The number of nitrogens with zero attached hydrogens (tertiary/aromatic N) is 2. The number of halogens is 2. The van der Waals surface area contributed by atoms with Gasteiger partial charge in [-0.05, 0) is 12.6 Å². The lowest BCUT2D eigenvalue weighted by Crippen LogP contribution is -2.54. The molecular formula is C22H24F2N2O6. The van der Waals surface area contributed by atoms with Crippen molar-refractivity contribution < 1.29 is 38.4 Å². The Hall–Kier alpha value is -2.82. The lowest BCUT2D eigenvalue weighted by Gasteiger charge is -2.37. The predicted octanol–water partition coefficient (Wildman–Crippen LogP) is 1.25. The first-order chi connectivity index (χ1) is 15.2. The summed E-state index contributed by atoms with van der Waals surface area (Å²) in [5.74, 6) is -2.32. The van der Waals surface area contributed by atoms with Gasteiger partial charge in [0.1, 0.15) is 16.9 Å². The Balaban J connectivity index is 1.94. The van der Waals surface area contributed by atoms with Crippen molar-refractivity contribution in [2.45, 2.75) is 29.6 Å². The Labute approximate surface area is 183 Å². The number of aromatic nitrogens is 1. The van der Waals surface area contributed by atoms with Gasteiger partial charge in [0.15, 0.2) is 11.7 Å². The molecule has 2 aliphatic rings. The highest BCUT2D eigenvalue weighted by Crippen LogP contribution is 2.62. The number of rotatable bonds is 7. The Morgan fingerprint density at radius 3 is 2.59 bits per heavy atom. The van der Waals surface area contributed by atoms with Crippen molar-refractivity contribution in [3.8, 4) is 11.5 Å². The highest BCUT2D eigenvalue weighted by molar-refractivity contribution is 5.85. The van der Waals surface area contributed by atoms with Crippen molar-refractivity contribution in [1.82, 2.24) is 9.88 Å². The van der Waals surface area contributed by atoms with E-state index in [1.165, 1.54) is 31.5 Å². The lowest BCUT2D eigenvalue weighted by molar-refractivity contribution is -0.152. The van der Waals surface area contributed by atoms with Crippen LogP contribution in [0.15, 0.2) is 42.7 Å². The molecule has 2 aromatic rings. The van der Waals surface area contributed by atoms with Gasteiger partial charge >= 0.3 is 5.97 Å². The molecule has 1 aliphatic carbocycles. The first kappa shape index (κ1) is 22.4. The fourth-order valence-electron chi connectivity index (χ4n) is 5.27. The van der Waals surface area contributed by atoms with Gasteiger partial charge in [-0.3, -0.25) is 9.78 Å². The number of benzene rings is 1. The lowest BCUT2D eigenvalue weighted by atomic mass is 9.69. The monoisotopic (exact) mass is 450 g/mol. The third-order valence-corrected chi connectivity index (χ3v) is 6.54. The first-order valence-corrected chi connectivity index (χ1v) is 10.0. The Morgan fingerprint density at radius 1 is 1.31 bits per heavy atom. The summed E-state index contributed by atoms with van der Waals surface area (Å²) in [5, 5.41) is 33.8. The summed E-state index contributed by atoms with van der Waals surface area (Å²) in [6, 6.07) is 8.09. The third kappa shape index (κ3) is 2.97. The molecule has 1 unspecified atom stereocenters. The second-order valence-corrected chi connectivity index (χ2v) is 8.24. The van der Waals surface area contributed by atoms with Crippen molar-refractivity contribution >= 4 is 5.97 Å². The second kappa shape index (κ2) is 7.95. The molecule has 3 N–H and O–H groups in total. The predicted molar refractivity (Wildman–Crippen MR) is 108 cm³/mol. The van der Waals surface area contributed by atoms with Crippen LogP contribution in [0.4, 0.5) is 8.78 Å². The molecule has 4 rings (SSSR count). The van der Waals surface area contributed by atoms with E-state index >= 15 is 0 Å². The smallest absolute Gasteiger partial charge is 0.318 e. The molecule has 5 atom stereocenters. The number of hydrogen-bond donors (Lipinski definition) is 3. The number of aliphatic hydroxyl groups excluding tert-OH is 1. The first-order valence-electron chi connectivity index (χ1n) is 10.0. The number of aliphatic hydroxyl groups is 2. The molecule has 2 heterocycles. The minimum atomic E-state index is -2.65. The van der Waals surface area contributed by atoms with E-state index < -0.39 is 48.1 Å². The number of pyridine rings is 1. The minimum absolute atomic E-state index is 0.0908. The zero-order valence-electron chi connectivity index (χ0n) is 17.5. The Morgan fingerprint density at radius 2 is 2.00 bits per heavy atom. The summed E-state index contributed by atoms with van der Waals surface area (Å²) in [7, 11) is 2.76. The van der Waals surface area contributed by atoms with Crippen molar-refractivity contribution in [2.75, 3.05) is 27.2 Å². The fourth-order valence-corrected chi connectivity index (χ4v) is 5.27. The van der Waals surface area contributed by atoms with Gasteiger partial charge in [0.25, 0.3) is 6.43 Å². The Bertz CT molecular complexity index is 1010. The van der Waals surface area contributed by atoms with Crippen molar-refractivity contribution in [3.63, 3.8) is 0 Å². The molecule has 0 saturated heterocycles. The number of aliphatic carboxylic acids is 1. The highest BCUT2D eigenvalue weighted by atomic mass is 19.3. The van der Waals surface area contributed by atoms with Gasteiger partial charge in [0.2, 0.25) is 0 Å².